The molecule has 0 radical (unpaired) electrons. The van der Waals surface area contributed by atoms with E-state index >= 15 is 0 Å². The predicted molar refractivity (Wildman–Crippen MR) is 103 cm³/mol. The van der Waals surface area contributed by atoms with Crippen LogP contribution in [0.2, 0.25) is 0 Å². The van der Waals surface area contributed by atoms with E-state index in [2.05, 4.69) is 27.4 Å². The third-order valence-corrected chi connectivity index (χ3v) is 3.95. The molecule has 3 aromatic rings. The fraction of sp³-hybridized carbons (Fsp3) is 0.100. The smallest absolute Gasteiger partial charge is 0.272 e. The first kappa shape index (κ1) is 17.9. The van der Waals surface area contributed by atoms with E-state index in [-0.39, 0.29) is 30.5 Å². The number of aromatic nitrogens is 2. The molecule has 7 heteroatoms. The number of anilines is 1. The van der Waals surface area contributed by atoms with Crippen LogP contribution in [0.15, 0.2) is 55.1 Å². The normalized spacial score (nSPS) is 10.2. The average molecular weight is 359 g/mol. The molecule has 0 aliphatic heterocycles. The van der Waals surface area contributed by atoms with E-state index in [1.165, 1.54) is 6.08 Å². The lowest BCUT2D eigenvalue weighted by molar-refractivity contribution is -0.111. The third kappa shape index (κ3) is 4.02. The summed E-state index contributed by atoms with van der Waals surface area (Å²) in [7, 11) is 0. The van der Waals surface area contributed by atoms with E-state index in [1.807, 2.05) is 42.5 Å². The van der Waals surface area contributed by atoms with E-state index < -0.39 is 0 Å². The Balaban J connectivity index is 1.92. The van der Waals surface area contributed by atoms with Crippen molar-refractivity contribution in [1.82, 2.24) is 15.5 Å². The largest absolute Gasteiger partial charge is 0.350 e. The van der Waals surface area contributed by atoms with Crippen molar-refractivity contribution in [3.63, 3.8) is 0 Å². The van der Waals surface area contributed by atoms with Gasteiger partial charge in [-0.05, 0) is 41.5 Å². The summed E-state index contributed by atoms with van der Waals surface area (Å²) < 4.78 is 0. The fourth-order valence-electron chi connectivity index (χ4n) is 2.65. The standard InChI is InChI=1S/C20H17N5O2/c1-2-18(26)23-15-6-3-5-13(11-15)14-7-8-17-16(12-14)19(25-24-17)20(27)22-10-4-9-21/h2-3,5-8,11-12H,1,4,10H2,(H,22,27)(H,23,26)(H,24,25). The van der Waals surface area contributed by atoms with Crippen molar-refractivity contribution in [2.24, 2.45) is 0 Å². The van der Waals surface area contributed by atoms with E-state index in [9.17, 15) is 9.59 Å². The first-order valence-corrected chi connectivity index (χ1v) is 8.29. The van der Waals surface area contributed by atoms with Gasteiger partial charge in [0.15, 0.2) is 5.69 Å². The second kappa shape index (κ2) is 7.97. The average Bonchev–Trinajstić information content (AvgIpc) is 3.11. The van der Waals surface area contributed by atoms with Crippen molar-refractivity contribution in [3.8, 4) is 17.2 Å². The van der Waals surface area contributed by atoms with Gasteiger partial charge in [0.2, 0.25) is 5.91 Å². The maximum atomic E-state index is 12.3. The summed E-state index contributed by atoms with van der Waals surface area (Å²) in [6, 6.07) is 15.0. The van der Waals surface area contributed by atoms with Crippen LogP contribution in [0.5, 0.6) is 0 Å². The molecule has 0 aliphatic carbocycles. The zero-order valence-electron chi connectivity index (χ0n) is 14.5. The summed E-state index contributed by atoms with van der Waals surface area (Å²) in [5, 5.41) is 21.6. The minimum Gasteiger partial charge on any atom is -0.350 e. The zero-order valence-corrected chi connectivity index (χ0v) is 14.5. The summed E-state index contributed by atoms with van der Waals surface area (Å²) in [4.78, 5) is 23.8. The summed E-state index contributed by atoms with van der Waals surface area (Å²) in [6.07, 6.45) is 1.45. The zero-order chi connectivity index (χ0) is 19.2. The van der Waals surface area contributed by atoms with Gasteiger partial charge in [0.05, 0.1) is 18.0 Å². The third-order valence-electron chi connectivity index (χ3n) is 3.95. The van der Waals surface area contributed by atoms with E-state index in [4.69, 9.17) is 5.26 Å². The molecule has 27 heavy (non-hydrogen) atoms. The van der Waals surface area contributed by atoms with Gasteiger partial charge in [-0.2, -0.15) is 10.4 Å². The number of benzene rings is 2. The van der Waals surface area contributed by atoms with E-state index in [0.29, 0.717) is 11.1 Å². The number of nitriles is 1. The van der Waals surface area contributed by atoms with Crippen LogP contribution < -0.4 is 10.6 Å². The van der Waals surface area contributed by atoms with Gasteiger partial charge in [-0.3, -0.25) is 14.7 Å². The maximum Gasteiger partial charge on any atom is 0.272 e. The topological polar surface area (TPSA) is 111 Å². The number of carbonyl (C=O) groups is 2. The molecule has 1 heterocycles. The number of nitrogens with one attached hydrogen (secondary N) is 3. The predicted octanol–water partition coefficient (Wildman–Crippen LogP) is 3.00. The van der Waals surface area contributed by atoms with Gasteiger partial charge in [-0.1, -0.05) is 24.8 Å². The molecule has 0 spiro atoms. The lowest BCUT2D eigenvalue weighted by Crippen LogP contribution is -2.24. The van der Waals surface area contributed by atoms with Gasteiger partial charge in [-0.25, -0.2) is 0 Å². The minimum atomic E-state index is -0.333. The van der Waals surface area contributed by atoms with Crippen LogP contribution in [-0.2, 0) is 4.79 Å². The first-order valence-electron chi connectivity index (χ1n) is 8.29. The van der Waals surface area contributed by atoms with Crippen molar-refractivity contribution in [2.75, 3.05) is 11.9 Å². The Kier molecular flexibility index (Phi) is 5.28. The van der Waals surface area contributed by atoms with Gasteiger partial charge in [0.1, 0.15) is 0 Å². The minimum absolute atomic E-state index is 0.239. The SMILES string of the molecule is C=CC(=O)Nc1cccc(-c2ccc3[nH]nc(C(=O)NCCC#N)c3c2)c1. The molecule has 2 amide bonds. The van der Waals surface area contributed by atoms with E-state index in [1.54, 1.807) is 6.07 Å². The highest BCUT2D eigenvalue weighted by Crippen LogP contribution is 2.27. The van der Waals surface area contributed by atoms with Crippen LogP contribution in [0.1, 0.15) is 16.9 Å². The number of amides is 2. The molecule has 3 N–H and O–H groups in total. The molecule has 0 saturated heterocycles. The highest BCUT2D eigenvalue weighted by molar-refractivity contribution is 6.05. The molecule has 0 unspecified atom stereocenters. The van der Waals surface area contributed by atoms with Crippen LogP contribution in [0, 0.1) is 11.3 Å². The van der Waals surface area contributed by atoms with Crippen LogP contribution in [0.4, 0.5) is 5.69 Å². The summed E-state index contributed by atoms with van der Waals surface area (Å²) in [5.41, 5.74) is 3.43. The van der Waals surface area contributed by atoms with Crippen molar-refractivity contribution < 1.29 is 9.59 Å². The summed E-state index contributed by atoms with van der Waals surface area (Å²) in [6.45, 7) is 3.71. The molecular formula is C20H17N5O2. The molecule has 0 atom stereocenters. The second-order valence-corrected chi connectivity index (χ2v) is 5.77. The van der Waals surface area contributed by atoms with Gasteiger partial charge in [0, 0.05) is 17.6 Å². The number of hydrogen-bond donors (Lipinski definition) is 3. The Morgan fingerprint density at radius 3 is 2.81 bits per heavy atom. The lowest BCUT2D eigenvalue weighted by atomic mass is 10.0. The summed E-state index contributed by atoms with van der Waals surface area (Å²) in [5.74, 6) is -0.616. The Bertz CT molecular complexity index is 1060. The van der Waals surface area contributed by atoms with Crippen LogP contribution in [0.3, 0.4) is 0 Å². The molecule has 3 rings (SSSR count). The van der Waals surface area contributed by atoms with E-state index in [0.717, 1.165) is 16.6 Å². The Hall–Kier alpha value is -3.92. The molecule has 0 fully saturated rings. The Morgan fingerprint density at radius 2 is 2.04 bits per heavy atom. The fourth-order valence-corrected chi connectivity index (χ4v) is 2.65. The van der Waals surface area contributed by atoms with Gasteiger partial charge in [0.25, 0.3) is 5.91 Å². The molecule has 1 aromatic heterocycles. The molecule has 134 valence electrons. The van der Waals surface area contributed by atoms with Crippen molar-refractivity contribution in [2.45, 2.75) is 6.42 Å². The quantitative estimate of drug-likeness (QED) is 0.464. The lowest BCUT2D eigenvalue weighted by Gasteiger charge is -2.07. The molecule has 0 saturated carbocycles. The molecule has 7 nitrogen and oxygen atoms in total. The monoisotopic (exact) mass is 359 g/mol. The maximum absolute atomic E-state index is 12.3. The molecular weight excluding hydrogens is 342 g/mol. The number of aromatic amines is 1. The first-order chi connectivity index (χ1) is 13.1. The molecule has 2 aromatic carbocycles. The van der Waals surface area contributed by atoms with Crippen LogP contribution >= 0.6 is 0 Å². The number of carbonyl (C=O) groups excluding carboxylic acids is 2. The number of hydrogen-bond acceptors (Lipinski definition) is 4. The number of fused-ring (bicyclic) bond motifs is 1. The Morgan fingerprint density at radius 1 is 1.22 bits per heavy atom. The number of H-pyrrole nitrogens is 1. The van der Waals surface area contributed by atoms with Crippen LogP contribution in [-0.4, -0.2) is 28.6 Å². The van der Waals surface area contributed by atoms with Crippen molar-refractivity contribution in [3.05, 3.63) is 60.8 Å². The van der Waals surface area contributed by atoms with Crippen molar-refractivity contribution >= 4 is 28.4 Å². The Labute approximate surface area is 155 Å². The second-order valence-electron chi connectivity index (χ2n) is 5.77. The van der Waals surface area contributed by atoms with Gasteiger partial charge >= 0.3 is 0 Å². The number of nitrogens with zero attached hydrogens (tertiary/aromatic N) is 2. The molecule has 0 bridgehead atoms. The van der Waals surface area contributed by atoms with Gasteiger partial charge < -0.3 is 10.6 Å². The van der Waals surface area contributed by atoms with Crippen molar-refractivity contribution in [1.29, 1.82) is 5.26 Å². The van der Waals surface area contributed by atoms with Gasteiger partial charge in [-0.15, -0.1) is 0 Å². The summed E-state index contributed by atoms with van der Waals surface area (Å²) >= 11 is 0. The number of rotatable bonds is 6. The van der Waals surface area contributed by atoms with Crippen LogP contribution in [0.25, 0.3) is 22.0 Å². The molecule has 0 aliphatic rings. The highest BCUT2D eigenvalue weighted by Gasteiger charge is 2.14. The highest BCUT2D eigenvalue weighted by atomic mass is 16.2.